The molecule has 0 radical (unpaired) electrons. The lowest BCUT2D eigenvalue weighted by atomic mass is 9.70. The van der Waals surface area contributed by atoms with Crippen molar-refractivity contribution in [2.24, 2.45) is 0 Å². The number of unbranched alkanes of at least 4 members (excludes halogenated alkanes) is 10. The van der Waals surface area contributed by atoms with Crippen LogP contribution < -0.4 is 9.80 Å². The molecule has 0 unspecified atom stereocenters. The summed E-state index contributed by atoms with van der Waals surface area (Å²) in [5.74, 6) is 0. The lowest BCUT2D eigenvalue weighted by Gasteiger charge is -2.33. The number of fused-ring (bicyclic) bond motifs is 7. The Morgan fingerprint density at radius 1 is 0.235 bits per heavy atom. The number of rotatable bonds is 26. The number of nitrogens with zero attached hydrogens (tertiary/aromatic N) is 2. The minimum Gasteiger partial charge on any atom is -0.310 e. The molecule has 3 aliphatic rings. The van der Waals surface area contributed by atoms with Crippen LogP contribution >= 0.6 is 0 Å². The Kier molecular flexibility index (Phi) is 18.9. The maximum atomic E-state index is 2.63. The summed E-state index contributed by atoms with van der Waals surface area (Å²) in [6.07, 6.45) is 20.2. The zero-order valence-electron chi connectivity index (χ0n) is 60.1. The van der Waals surface area contributed by atoms with E-state index in [-0.39, 0.29) is 10.8 Å². The second-order valence-electron chi connectivity index (χ2n) is 29.7. The molecular formula is C100H94N2. The first kappa shape index (κ1) is 66.0. The third-order valence-corrected chi connectivity index (χ3v) is 23.0. The van der Waals surface area contributed by atoms with Crippen LogP contribution in [-0.2, 0) is 23.7 Å². The minimum absolute atomic E-state index is 0.0611. The van der Waals surface area contributed by atoms with Gasteiger partial charge in [0.15, 0.2) is 0 Å². The molecule has 0 spiro atoms. The van der Waals surface area contributed by atoms with Gasteiger partial charge in [-0.15, -0.1) is 0 Å². The van der Waals surface area contributed by atoms with Crippen molar-refractivity contribution >= 4 is 34.1 Å². The average Bonchev–Trinajstić information content (AvgIpc) is 1.57. The van der Waals surface area contributed by atoms with Crippen LogP contribution in [0.3, 0.4) is 0 Å². The molecule has 0 heterocycles. The summed E-state index contributed by atoms with van der Waals surface area (Å²) in [7, 11) is 0. The second-order valence-corrected chi connectivity index (χ2v) is 29.7. The van der Waals surface area contributed by atoms with E-state index in [1.807, 2.05) is 0 Å². The molecule has 102 heavy (non-hydrogen) atoms. The fraction of sp³-hybridized carbons (Fsp3) is 0.220. The molecule has 0 N–H and O–H groups in total. The van der Waals surface area contributed by atoms with Gasteiger partial charge in [-0.1, -0.05) is 317 Å². The molecule has 16 rings (SSSR count). The lowest BCUT2D eigenvalue weighted by Crippen LogP contribution is -2.25. The number of hydrogen-bond donors (Lipinski definition) is 0. The van der Waals surface area contributed by atoms with Crippen molar-refractivity contribution in [2.45, 2.75) is 141 Å². The fourth-order valence-electron chi connectivity index (χ4n) is 17.3. The van der Waals surface area contributed by atoms with Crippen molar-refractivity contribution in [1.29, 1.82) is 0 Å². The molecule has 3 aliphatic carbocycles. The first-order valence-electron chi connectivity index (χ1n) is 38.2. The highest BCUT2D eigenvalue weighted by Gasteiger charge is 2.43. The Bertz CT molecular complexity index is 5050. The number of hydrogen-bond acceptors (Lipinski definition) is 2. The predicted molar refractivity (Wildman–Crippen MR) is 436 cm³/mol. The number of benzene rings is 13. The highest BCUT2D eigenvalue weighted by atomic mass is 15.1. The molecule has 504 valence electrons. The first-order chi connectivity index (χ1) is 50.2. The number of anilines is 6. The Balaban J connectivity index is 0.772. The van der Waals surface area contributed by atoms with Crippen molar-refractivity contribution < 1.29 is 0 Å². The van der Waals surface area contributed by atoms with E-state index in [9.17, 15) is 0 Å². The van der Waals surface area contributed by atoms with Gasteiger partial charge in [-0.05, 0) is 239 Å². The monoisotopic (exact) mass is 1320 g/mol. The van der Waals surface area contributed by atoms with E-state index >= 15 is 0 Å². The average molecular weight is 1320 g/mol. The lowest BCUT2D eigenvalue weighted by molar-refractivity contribution is 0.398. The molecule has 0 saturated carbocycles. The highest BCUT2D eigenvalue weighted by molar-refractivity contribution is 5.93. The van der Waals surface area contributed by atoms with Gasteiger partial charge >= 0.3 is 0 Å². The van der Waals surface area contributed by atoms with Crippen molar-refractivity contribution in [3.63, 3.8) is 0 Å². The largest absolute Gasteiger partial charge is 0.310 e. The molecule has 0 bridgehead atoms. The maximum absolute atomic E-state index is 2.63. The SMILES string of the molecule is CCCCCCCCC1(CCCCCCCC)c2cc(-c3ccccc3)ccc2-c2ccc(-c3ccc(N(c4ccc(-c5ccc(N(c6ccc(-c7ccccc7)cc6)c6ccc7c(c6)CC7)cc5)cc4)c4ccc(-c5ccc6c(c5)C(C)(C)c5ccccc5-6)c(-c5ccccc5)c4)cc3)cc21. The van der Waals surface area contributed by atoms with Crippen LogP contribution in [0, 0.1) is 0 Å². The predicted octanol–water partition coefficient (Wildman–Crippen LogP) is 28.8. The minimum atomic E-state index is -0.119. The van der Waals surface area contributed by atoms with E-state index in [4.69, 9.17) is 0 Å². The van der Waals surface area contributed by atoms with Crippen LogP contribution in [0.15, 0.2) is 303 Å². The number of aryl methyl sites for hydroxylation is 2. The maximum Gasteiger partial charge on any atom is 0.0468 e. The van der Waals surface area contributed by atoms with E-state index in [0.29, 0.717) is 0 Å². The Hall–Kier alpha value is -10.5. The zero-order chi connectivity index (χ0) is 69.0. The normalized spacial score (nSPS) is 13.3. The summed E-state index contributed by atoms with van der Waals surface area (Å²) in [6, 6.07) is 115. The fourth-order valence-corrected chi connectivity index (χ4v) is 17.3. The highest BCUT2D eigenvalue weighted by Crippen LogP contribution is 2.57. The molecule has 0 atom stereocenters. The van der Waals surface area contributed by atoms with Gasteiger partial charge in [-0.3, -0.25) is 0 Å². The van der Waals surface area contributed by atoms with Crippen molar-refractivity contribution in [2.75, 3.05) is 9.80 Å². The van der Waals surface area contributed by atoms with Gasteiger partial charge < -0.3 is 9.80 Å². The Labute approximate surface area is 607 Å². The summed E-state index contributed by atoms with van der Waals surface area (Å²) in [5.41, 5.74) is 35.6. The van der Waals surface area contributed by atoms with Gasteiger partial charge in [0.25, 0.3) is 0 Å². The summed E-state index contributed by atoms with van der Waals surface area (Å²) in [6.45, 7) is 9.43. The molecular weight excluding hydrogens is 1230 g/mol. The van der Waals surface area contributed by atoms with Gasteiger partial charge in [0.05, 0.1) is 0 Å². The molecule has 0 fully saturated rings. The molecule has 0 saturated heterocycles. The zero-order valence-corrected chi connectivity index (χ0v) is 60.1. The van der Waals surface area contributed by atoms with E-state index in [1.165, 1.54) is 212 Å². The molecule has 13 aromatic rings. The standard InChI is InChI=1S/C100H94N2/c1-5-7-9-11-13-26-64-100(65-27-14-12-10-8-6-2)97-67-80(72-30-20-16-21-31-72)47-60-92(97)93-61-48-81(68-98(93)100)77-44-56-86(57-45-77)102(88-59-63-89(94(70-88)78-32-22-17-23-33-78)82-49-62-91-90-34-24-25-35-95(90)99(3,4)96(91)69-82)85-54-42-75(43-55-85)74-40-52-84(53-41-74)101(87-58-46-76-36-37-79(76)66-87)83-50-38-73(39-51-83)71-28-18-15-19-29-71/h15-25,28-35,38-63,66-70H,5-14,26-27,36-37,64-65H2,1-4H3. The first-order valence-corrected chi connectivity index (χ1v) is 38.2. The van der Waals surface area contributed by atoms with Crippen LogP contribution in [0.1, 0.15) is 151 Å². The molecule has 0 amide bonds. The third kappa shape index (κ3) is 13.0. The smallest absolute Gasteiger partial charge is 0.0468 e. The Morgan fingerprint density at radius 3 is 1.06 bits per heavy atom. The van der Waals surface area contributed by atoms with E-state index < -0.39 is 0 Å². The van der Waals surface area contributed by atoms with Gasteiger partial charge in [0.2, 0.25) is 0 Å². The molecule has 13 aromatic carbocycles. The third-order valence-electron chi connectivity index (χ3n) is 23.0. The molecule has 2 nitrogen and oxygen atoms in total. The summed E-state index contributed by atoms with van der Waals surface area (Å²) < 4.78 is 0. The summed E-state index contributed by atoms with van der Waals surface area (Å²) in [4.78, 5) is 4.88. The molecule has 0 aliphatic heterocycles. The van der Waals surface area contributed by atoms with Crippen molar-refractivity contribution in [1.82, 2.24) is 0 Å². The van der Waals surface area contributed by atoms with Crippen molar-refractivity contribution in [3.8, 4) is 89.0 Å². The molecule has 2 heteroatoms. The topological polar surface area (TPSA) is 6.48 Å². The summed E-state index contributed by atoms with van der Waals surface area (Å²) >= 11 is 0. The van der Waals surface area contributed by atoms with Crippen LogP contribution in [0.25, 0.3) is 89.0 Å². The summed E-state index contributed by atoms with van der Waals surface area (Å²) in [5, 5.41) is 0. The van der Waals surface area contributed by atoms with Gasteiger partial charge in [0.1, 0.15) is 0 Å². The van der Waals surface area contributed by atoms with Gasteiger partial charge in [-0.2, -0.15) is 0 Å². The Morgan fingerprint density at radius 2 is 0.578 bits per heavy atom. The van der Waals surface area contributed by atoms with Gasteiger partial charge in [0, 0.05) is 45.0 Å². The van der Waals surface area contributed by atoms with E-state index in [1.54, 1.807) is 5.56 Å². The van der Waals surface area contributed by atoms with Gasteiger partial charge in [-0.25, -0.2) is 0 Å². The van der Waals surface area contributed by atoms with Crippen LogP contribution in [0.2, 0.25) is 0 Å². The van der Waals surface area contributed by atoms with Crippen molar-refractivity contribution in [3.05, 3.63) is 337 Å². The van der Waals surface area contributed by atoms with Crippen LogP contribution in [0.4, 0.5) is 34.1 Å². The molecule has 0 aromatic heterocycles. The van der Waals surface area contributed by atoms with Crippen LogP contribution in [0.5, 0.6) is 0 Å². The van der Waals surface area contributed by atoms with E-state index in [2.05, 4.69) is 341 Å². The quantitative estimate of drug-likeness (QED) is 0.0499. The van der Waals surface area contributed by atoms with Crippen LogP contribution in [-0.4, -0.2) is 0 Å². The second kappa shape index (κ2) is 29.2. The van der Waals surface area contributed by atoms with E-state index in [0.717, 1.165) is 41.3 Å².